The van der Waals surface area contributed by atoms with Crippen LogP contribution in [0.4, 0.5) is 26.3 Å². The third-order valence-electron chi connectivity index (χ3n) is 9.37. The lowest BCUT2D eigenvalue weighted by molar-refractivity contribution is -0.139. The van der Waals surface area contributed by atoms with Gasteiger partial charge in [-0.1, -0.05) is 17.3 Å². The van der Waals surface area contributed by atoms with Crippen LogP contribution in [0.5, 0.6) is 17.8 Å². The van der Waals surface area contributed by atoms with Crippen molar-refractivity contribution in [3.8, 4) is 34.9 Å². The number of carbonyl (C=O) groups excluding carboxylic acids is 2. The Labute approximate surface area is 355 Å². The van der Waals surface area contributed by atoms with Crippen LogP contribution in [0.3, 0.4) is 0 Å². The van der Waals surface area contributed by atoms with Crippen molar-refractivity contribution < 1.29 is 54.7 Å². The van der Waals surface area contributed by atoms with Gasteiger partial charge in [0.15, 0.2) is 5.82 Å². The number of hydrogen-bond donors (Lipinski definition) is 0. The fraction of sp³-hybridized carbons (Fsp3) is 0.350. The summed E-state index contributed by atoms with van der Waals surface area (Å²) in [4.78, 5) is 51.2. The van der Waals surface area contributed by atoms with Crippen LogP contribution in [-0.2, 0) is 18.8 Å². The van der Waals surface area contributed by atoms with Gasteiger partial charge in [-0.2, -0.15) is 46.3 Å². The summed E-state index contributed by atoms with van der Waals surface area (Å²) in [6, 6.07) is 9.72. The van der Waals surface area contributed by atoms with Gasteiger partial charge >= 0.3 is 24.4 Å². The summed E-state index contributed by atoms with van der Waals surface area (Å²) in [7, 11) is 0. The maximum atomic E-state index is 14.1. The number of carbonyl (C=O) groups is 2. The molecule has 0 saturated heterocycles. The number of amides is 2. The van der Waals surface area contributed by atoms with E-state index in [2.05, 4.69) is 40.3 Å². The number of hydrogen-bond acceptors (Lipinski definition) is 14. The lowest BCUT2D eigenvalue weighted by Crippen LogP contribution is -2.42. The molecular weight excluding hydrogens is 844 g/mol. The molecule has 0 aliphatic heterocycles. The molecular formula is C40H39F6N11O6. The van der Waals surface area contributed by atoms with Crippen LogP contribution >= 0.6 is 0 Å². The first kappa shape index (κ1) is 45.3. The van der Waals surface area contributed by atoms with Crippen molar-refractivity contribution in [2.24, 2.45) is 0 Å². The summed E-state index contributed by atoms with van der Waals surface area (Å²) in [5, 5.41) is 12.4. The van der Waals surface area contributed by atoms with Gasteiger partial charge in [-0.05, 0) is 58.0 Å². The zero-order valence-electron chi connectivity index (χ0n) is 34.0. The van der Waals surface area contributed by atoms with E-state index in [9.17, 15) is 35.9 Å². The first-order valence-electron chi connectivity index (χ1n) is 19.3. The highest BCUT2D eigenvalue weighted by Gasteiger charge is 2.33. The molecule has 2 amide bonds. The molecule has 0 aliphatic carbocycles. The largest absolute Gasteiger partial charge is 0.493 e. The molecule has 63 heavy (non-hydrogen) atoms. The van der Waals surface area contributed by atoms with Crippen LogP contribution in [0.2, 0.25) is 0 Å². The quantitative estimate of drug-likeness (QED) is 0.0861. The molecule has 2 aromatic carbocycles. The Morgan fingerprint density at radius 2 is 1.25 bits per heavy atom. The van der Waals surface area contributed by atoms with Crippen LogP contribution in [0, 0.1) is 0 Å². The molecule has 2 atom stereocenters. The standard InChI is InChI=1S/C40H39F6N11O6/c1-5-55(24(3)22-61-37-47-18-26(19-48-37)39(41,42)43)35(58)30-10-8-7-9-29(30)34-53-33(54-63-34)13-16-60-28-11-12-32(57-51-14-15-52-57)31(17-28)36(59)56(6-2)25(4)23-62-38-49-20-27(21-50-38)40(44,45)46/h7-12,14-15,17-21,24-25H,5-6,13,16,22-23H2,1-4H3/t24-,25-/m0/s1. The molecule has 0 N–H and O–H groups in total. The summed E-state index contributed by atoms with van der Waals surface area (Å²) in [5.41, 5.74) is -0.900. The van der Waals surface area contributed by atoms with Gasteiger partial charge in [0.2, 0.25) is 0 Å². The Bertz CT molecular complexity index is 2450. The Kier molecular flexibility index (Phi) is 14.2. The molecule has 4 heterocycles. The van der Waals surface area contributed by atoms with Gasteiger partial charge in [0.1, 0.15) is 19.0 Å². The third-order valence-corrected chi connectivity index (χ3v) is 9.37. The van der Waals surface area contributed by atoms with E-state index < -0.39 is 47.4 Å². The maximum absolute atomic E-state index is 14.1. The van der Waals surface area contributed by atoms with E-state index in [1.165, 1.54) is 33.1 Å². The van der Waals surface area contributed by atoms with Crippen LogP contribution in [0.15, 0.2) is 84.2 Å². The van der Waals surface area contributed by atoms with Crippen molar-refractivity contribution in [1.29, 1.82) is 0 Å². The van der Waals surface area contributed by atoms with E-state index in [1.807, 2.05) is 0 Å². The zero-order chi connectivity index (χ0) is 45.3. The Morgan fingerprint density at radius 3 is 1.78 bits per heavy atom. The molecule has 0 bridgehead atoms. The fourth-order valence-corrected chi connectivity index (χ4v) is 6.14. The van der Waals surface area contributed by atoms with Crippen molar-refractivity contribution in [2.45, 2.75) is 58.6 Å². The molecule has 4 aromatic heterocycles. The Balaban J connectivity index is 1.10. The topological polar surface area (TPSA) is 190 Å². The zero-order valence-corrected chi connectivity index (χ0v) is 34.0. The predicted molar refractivity (Wildman–Crippen MR) is 208 cm³/mol. The molecule has 332 valence electrons. The minimum absolute atomic E-state index is 0.0468. The van der Waals surface area contributed by atoms with Gasteiger partial charge in [0.05, 0.1) is 64.6 Å². The molecule has 0 saturated carbocycles. The molecule has 17 nitrogen and oxygen atoms in total. The fourth-order valence-electron chi connectivity index (χ4n) is 6.14. The summed E-state index contributed by atoms with van der Waals surface area (Å²) in [5.74, 6) is -0.188. The van der Waals surface area contributed by atoms with E-state index in [0.29, 0.717) is 41.8 Å². The highest BCUT2D eigenvalue weighted by molar-refractivity contribution is 6.00. The van der Waals surface area contributed by atoms with E-state index >= 15 is 0 Å². The van der Waals surface area contributed by atoms with Gasteiger partial charge in [-0.15, -0.1) is 0 Å². The summed E-state index contributed by atoms with van der Waals surface area (Å²) in [6.45, 7) is 7.23. The normalized spacial score (nSPS) is 12.7. The Morgan fingerprint density at radius 1 is 0.730 bits per heavy atom. The number of aromatic nitrogens is 9. The van der Waals surface area contributed by atoms with Crippen molar-refractivity contribution in [1.82, 2.24) is 54.9 Å². The van der Waals surface area contributed by atoms with Gasteiger partial charge in [0.25, 0.3) is 17.7 Å². The van der Waals surface area contributed by atoms with Crippen molar-refractivity contribution in [2.75, 3.05) is 32.9 Å². The minimum Gasteiger partial charge on any atom is -0.493 e. The first-order chi connectivity index (χ1) is 30.1. The third kappa shape index (κ3) is 11.2. The van der Waals surface area contributed by atoms with Crippen LogP contribution < -0.4 is 14.2 Å². The van der Waals surface area contributed by atoms with Crippen molar-refractivity contribution in [3.05, 3.63) is 108 Å². The highest BCUT2D eigenvalue weighted by Crippen LogP contribution is 2.30. The summed E-state index contributed by atoms with van der Waals surface area (Å²) in [6.07, 6.45) is -3.68. The Hall–Kier alpha value is -7.20. The van der Waals surface area contributed by atoms with Crippen molar-refractivity contribution in [3.63, 3.8) is 0 Å². The number of halogens is 6. The molecule has 0 spiro atoms. The number of ether oxygens (including phenoxy) is 3. The molecule has 23 heteroatoms. The average Bonchev–Trinajstić information content (AvgIpc) is 3.99. The number of benzene rings is 2. The van der Waals surface area contributed by atoms with E-state index in [4.69, 9.17) is 18.7 Å². The summed E-state index contributed by atoms with van der Waals surface area (Å²) >= 11 is 0. The maximum Gasteiger partial charge on any atom is 0.419 e. The second-order valence-electron chi connectivity index (χ2n) is 13.7. The van der Waals surface area contributed by atoms with Gasteiger partial charge in [0, 0.05) is 44.3 Å². The van der Waals surface area contributed by atoms with Crippen LogP contribution in [0.1, 0.15) is 65.4 Å². The van der Waals surface area contributed by atoms with Crippen LogP contribution in [0.25, 0.3) is 17.1 Å². The molecule has 6 rings (SSSR count). The molecule has 0 fully saturated rings. The van der Waals surface area contributed by atoms with Crippen molar-refractivity contribution >= 4 is 11.8 Å². The molecule has 0 aliphatic rings. The predicted octanol–water partition coefficient (Wildman–Crippen LogP) is 6.42. The lowest BCUT2D eigenvalue weighted by Gasteiger charge is -2.28. The smallest absolute Gasteiger partial charge is 0.419 e. The van der Waals surface area contributed by atoms with Gasteiger partial charge < -0.3 is 28.5 Å². The molecule has 6 aromatic rings. The first-order valence-corrected chi connectivity index (χ1v) is 19.3. The minimum atomic E-state index is -4.61. The second-order valence-corrected chi connectivity index (χ2v) is 13.7. The van der Waals surface area contributed by atoms with Crippen LogP contribution in [-0.4, -0.2) is 112 Å². The molecule has 0 radical (unpaired) electrons. The van der Waals surface area contributed by atoms with E-state index in [1.54, 1.807) is 64.1 Å². The number of rotatable bonds is 18. The number of nitrogens with zero attached hydrogens (tertiary/aromatic N) is 11. The van der Waals surface area contributed by atoms with Gasteiger partial charge in [-0.3, -0.25) is 9.59 Å². The molecule has 0 unspecified atom stereocenters. The second kappa shape index (κ2) is 19.7. The average molecular weight is 884 g/mol. The van der Waals surface area contributed by atoms with E-state index in [0.717, 1.165) is 0 Å². The summed E-state index contributed by atoms with van der Waals surface area (Å²) < 4.78 is 100. The SMILES string of the molecule is CCN(C(=O)c1ccccc1-c1nc(CCOc2ccc(-n3nccn3)c(C(=O)N(CC)[C@@H](C)COc3ncc(C(F)(F)F)cn3)c2)no1)[C@@H](C)COc1ncc(C(F)(F)F)cn1. The van der Waals surface area contributed by atoms with Gasteiger partial charge in [-0.25, -0.2) is 19.9 Å². The highest BCUT2D eigenvalue weighted by atomic mass is 19.4. The number of alkyl halides is 6. The lowest BCUT2D eigenvalue weighted by atomic mass is 10.1. The number of likely N-dealkylation sites (N-methyl/N-ethyl adjacent to an activating group) is 2. The monoisotopic (exact) mass is 883 g/mol. The van der Waals surface area contributed by atoms with E-state index in [-0.39, 0.29) is 74.2 Å².